The maximum Gasteiger partial charge on any atom is 0.317 e. The van der Waals surface area contributed by atoms with Crippen LogP contribution in [0, 0.1) is 0 Å². The summed E-state index contributed by atoms with van der Waals surface area (Å²) < 4.78 is 1.70. The number of carbonyl (C=O) groups is 1. The van der Waals surface area contributed by atoms with E-state index in [2.05, 4.69) is 30.3 Å². The largest absolute Gasteiger partial charge is 0.339 e. The summed E-state index contributed by atoms with van der Waals surface area (Å²) in [6.45, 7) is 3.64. The summed E-state index contributed by atoms with van der Waals surface area (Å²) >= 11 is 0. The van der Waals surface area contributed by atoms with Crippen LogP contribution in [0.4, 0.5) is 10.7 Å². The molecule has 3 heterocycles. The van der Waals surface area contributed by atoms with Gasteiger partial charge in [0.25, 0.3) is 0 Å². The molecular weight excluding hydrogens is 380 g/mol. The quantitative estimate of drug-likeness (QED) is 0.700. The zero-order chi connectivity index (χ0) is 20.9. The van der Waals surface area contributed by atoms with E-state index in [9.17, 15) is 4.79 Å². The smallest absolute Gasteiger partial charge is 0.317 e. The van der Waals surface area contributed by atoms with E-state index in [-0.39, 0.29) is 18.1 Å². The highest BCUT2D eigenvalue weighted by Crippen LogP contribution is 2.21. The number of aromatic nitrogens is 5. The zero-order valence-electron chi connectivity index (χ0n) is 17.2. The molecule has 1 saturated heterocycles. The zero-order valence-corrected chi connectivity index (χ0v) is 17.2. The molecule has 0 bridgehead atoms. The van der Waals surface area contributed by atoms with E-state index in [0.29, 0.717) is 12.5 Å². The number of piperidine rings is 1. The third-order valence-electron chi connectivity index (χ3n) is 5.54. The molecule has 2 aromatic heterocycles. The highest BCUT2D eigenvalue weighted by molar-refractivity contribution is 5.75. The van der Waals surface area contributed by atoms with Crippen LogP contribution in [0.2, 0.25) is 0 Å². The van der Waals surface area contributed by atoms with Gasteiger partial charge in [0.15, 0.2) is 0 Å². The van der Waals surface area contributed by atoms with Gasteiger partial charge in [-0.15, -0.1) is 0 Å². The van der Waals surface area contributed by atoms with Crippen LogP contribution in [-0.2, 0) is 0 Å². The second-order valence-corrected chi connectivity index (χ2v) is 7.50. The minimum atomic E-state index is -0.0799. The molecule has 1 N–H and O–H groups in total. The van der Waals surface area contributed by atoms with Gasteiger partial charge in [0, 0.05) is 38.6 Å². The second kappa shape index (κ2) is 8.89. The van der Waals surface area contributed by atoms with Crippen molar-refractivity contribution in [2.75, 3.05) is 25.0 Å². The van der Waals surface area contributed by atoms with Gasteiger partial charge < -0.3 is 15.1 Å². The Balaban J connectivity index is 1.36. The molecule has 0 spiro atoms. The average Bonchev–Trinajstić information content (AvgIpc) is 3.34. The lowest BCUT2D eigenvalue weighted by atomic mass is 10.1. The van der Waals surface area contributed by atoms with E-state index in [1.165, 1.54) is 6.33 Å². The van der Waals surface area contributed by atoms with E-state index in [1.807, 2.05) is 44.3 Å². The number of rotatable bonds is 5. The fraction of sp³-hybridized carbons (Fsp3) is 0.381. The van der Waals surface area contributed by atoms with Crippen molar-refractivity contribution >= 4 is 12.0 Å². The predicted molar refractivity (Wildman–Crippen MR) is 113 cm³/mol. The van der Waals surface area contributed by atoms with Gasteiger partial charge >= 0.3 is 6.03 Å². The molecule has 9 heteroatoms. The van der Waals surface area contributed by atoms with E-state index in [1.54, 1.807) is 28.3 Å². The Bertz CT molecular complexity index is 945. The summed E-state index contributed by atoms with van der Waals surface area (Å²) in [7, 11) is 1.83. The standard InChI is InChI=1S/C21H26N8O/c1-16(17-6-8-19(9-7-17)29-15-22-14-25-29)27(2)21(30)26-18-5-3-12-28(13-18)20-23-10-4-11-24-20/h4,6-11,14-16,18H,3,5,12-13H2,1-2H3,(H,26,30). The highest BCUT2D eigenvalue weighted by atomic mass is 16.2. The lowest BCUT2D eigenvalue weighted by Crippen LogP contribution is -2.51. The number of nitrogens with zero attached hydrogens (tertiary/aromatic N) is 7. The Morgan fingerprint density at radius 1 is 1.23 bits per heavy atom. The summed E-state index contributed by atoms with van der Waals surface area (Å²) in [5.41, 5.74) is 1.99. The number of carbonyl (C=O) groups excluding carboxylic acids is 1. The summed E-state index contributed by atoms with van der Waals surface area (Å²) in [5, 5.41) is 7.31. The Kier molecular flexibility index (Phi) is 5.87. The van der Waals surface area contributed by atoms with Gasteiger partial charge in [0.1, 0.15) is 12.7 Å². The van der Waals surface area contributed by atoms with Gasteiger partial charge in [-0.25, -0.2) is 24.4 Å². The number of benzene rings is 1. The number of hydrogen-bond acceptors (Lipinski definition) is 6. The van der Waals surface area contributed by atoms with Crippen LogP contribution >= 0.6 is 0 Å². The molecule has 2 amide bonds. The Hall–Kier alpha value is -3.49. The summed E-state index contributed by atoms with van der Waals surface area (Å²) in [4.78, 5) is 29.3. The van der Waals surface area contributed by atoms with Crippen LogP contribution in [0.15, 0.2) is 55.4 Å². The van der Waals surface area contributed by atoms with Crippen LogP contribution in [0.1, 0.15) is 31.4 Å². The molecule has 2 unspecified atom stereocenters. The fourth-order valence-electron chi connectivity index (χ4n) is 3.65. The molecule has 9 nitrogen and oxygen atoms in total. The lowest BCUT2D eigenvalue weighted by molar-refractivity contribution is 0.188. The van der Waals surface area contributed by atoms with Crippen molar-refractivity contribution in [3.63, 3.8) is 0 Å². The number of nitrogens with one attached hydrogen (secondary N) is 1. The molecule has 1 aromatic carbocycles. The van der Waals surface area contributed by atoms with Gasteiger partial charge in [0.05, 0.1) is 11.7 Å². The first-order valence-electron chi connectivity index (χ1n) is 10.1. The first-order chi connectivity index (χ1) is 14.6. The SMILES string of the molecule is CC(c1ccc(-n2cncn2)cc1)N(C)C(=O)NC1CCCN(c2ncccn2)C1. The third kappa shape index (κ3) is 4.40. The third-order valence-corrected chi connectivity index (χ3v) is 5.54. The monoisotopic (exact) mass is 406 g/mol. The van der Waals surface area contributed by atoms with E-state index >= 15 is 0 Å². The number of urea groups is 1. The van der Waals surface area contributed by atoms with Gasteiger partial charge in [-0.3, -0.25) is 0 Å². The molecule has 3 aromatic rings. The Morgan fingerprint density at radius 3 is 2.70 bits per heavy atom. The van der Waals surface area contributed by atoms with Crippen LogP contribution in [0.3, 0.4) is 0 Å². The molecule has 156 valence electrons. The first kappa shape index (κ1) is 19.8. The molecule has 2 atom stereocenters. The number of hydrogen-bond donors (Lipinski definition) is 1. The molecule has 1 aliphatic heterocycles. The minimum absolute atomic E-state index is 0.0630. The summed E-state index contributed by atoms with van der Waals surface area (Å²) in [6, 6.07) is 9.72. The van der Waals surface area contributed by atoms with E-state index in [0.717, 1.165) is 30.6 Å². The topological polar surface area (TPSA) is 92.1 Å². The van der Waals surface area contributed by atoms with Crippen LogP contribution in [0.25, 0.3) is 5.69 Å². The molecule has 30 heavy (non-hydrogen) atoms. The Labute approximate surface area is 175 Å². The molecular formula is C21H26N8O. The molecule has 0 radical (unpaired) electrons. The van der Waals surface area contributed by atoms with Crippen molar-refractivity contribution in [3.05, 3.63) is 60.9 Å². The van der Waals surface area contributed by atoms with Crippen molar-refractivity contribution in [3.8, 4) is 5.69 Å². The van der Waals surface area contributed by atoms with Crippen molar-refractivity contribution < 1.29 is 4.79 Å². The lowest BCUT2D eigenvalue weighted by Gasteiger charge is -2.35. The van der Waals surface area contributed by atoms with E-state index in [4.69, 9.17) is 0 Å². The van der Waals surface area contributed by atoms with Crippen LogP contribution in [-0.4, -0.2) is 61.8 Å². The number of amides is 2. The summed E-state index contributed by atoms with van der Waals surface area (Å²) in [6.07, 6.45) is 8.59. The molecule has 1 aliphatic rings. The van der Waals surface area contributed by atoms with E-state index < -0.39 is 0 Å². The van der Waals surface area contributed by atoms with Gasteiger partial charge in [-0.2, -0.15) is 5.10 Å². The molecule has 1 fully saturated rings. The highest BCUT2D eigenvalue weighted by Gasteiger charge is 2.25. The minimum Gasteiger partial charge on any atom is -0.339 e. The summed E-state index contributed by atoms with van der Waals surface area (Å²) in [5.74, 6) is 0.714. The first-order valence-corrected chi connectivity index (χ1v) is 10.1. The van der Waals surface area contributed by atoms with Crippen molar-refractivity contribution in [2.45, 2.75) is 31.8 Å². The van der Waals surface area contributed by atoms with Gasteiger partial charge in [0.2, 0.25) is 5.95 Å². The normalized spacial score (nSPS) is 17.4. The molecule has 0 saturated carbocycles. The number of anilines is 1. The maximum atomic E-state index is 12.9. The second-order valence-electron chi connectivity index (χ2n) is 7.50. The van der Waals surface area contributed by atoms with Gasteiger partial charge in [-0.05, 0) is 43.5 Å². The average molecular weight is 406 g/mol. The van der Waals surface area contributed by atoms with Gasteiger partial charge in [-0.1, -0.05) is 12.1 Å². The Morgan fingerprint density at radius 2 is 2.00 bits per heavy atom. The van der Waals surface area contributed by atoms with Crippen LogP contribution < -0.4 is 10.2 Å². The fourth-order valence-corrected chi connectivity index (χ4v) is 3.65. The van der Waals surface area contributed by atoms with Crippen molar-refractivity contribution in [1.82, 2.24) is 34.9 Å². The van der Waals surface area contributed by atoms with Crippen molar-refractivity contribution in [2.24, 2.45) is 0 Å². The molecule has 4 rings (SSSR count). The maximum absolute atomic E-state index is 12.9. The predicted octanol–water partition coefficient (Wildman–Crippen LogP) is 2.43. The molecule has 0 aliphatic carbocycles. The van der Waals surface area contributed by atoms with Crippen LogP contribution in [0.5, 0.6) is 0 Å². The van der Waals surface area contributed by atoms with Crippen molar-refractivity contribution in [1.29, 1.82) is 0 Å².